The van der Waals surface area contributed by atoms with E-state index in [1.165, 1.54) is 0 Å². The Morgan fingerprint density at radius 2 is 2.29 bits per heavy atom. The molecular weight excluding hydrogens is 294 g/mol. The van der Waals surface area contributed by atoms with Gasteiger partial charge in [-0.1, -0.05) is 12.1 Å². The van der Waals surface area contributed by atoms with Gasteiger partial charge in [0.25, 0.3) is 0 Å². The minimum atomic E-state index is -1.37. The van der Waals surface area contributed by atoms with Crippen LogP contribution in [0.2, 0.25) is 0 Å². The zero-order chi connectivity index (χ0) is 15.7. The molecule has 0 radical (unpaired) electrons. The number of rotatable bonds is 10. The molecule has 120 valence electrons. The predicted octanol–water partition coefficient (Wildman–Crippen LogP) is 0.812. The van der Waals surface area contributed by atoms with Gasteiger partial charge in [0.1, 0.15) is 5.25 Å². The molecule has 0 unspecified atom stereocenters. The average Bonchev–Trinajstić information content (AvgIpc) is 2.90. The lowest BCUT2D eigenvalue weighted by Crippen LogP contribution is -2.36. The summed E-state index contributed by atoms with van der Waals surface area (Å²) in [6, 6.07) is 0. The van der Waals surface area contributed by atoms with Crippen LogP contribution >= 0.6 is 0 Å². The monoisotopic (exact) mass is 317 g/mol. The van der Waals surface area contributed by atoms with Crippen molar-refractivity contribution in [2.45, 2.75) is 44.1 Å². The second kappa shape index (κ2) is 9.62. The van der Waals surface area contributed by atoms with E-state index < -0.39 is 16.0 Å². The molecule has 1 amide bonds. The zero-order valence-electron chi connectivity index (χ0n) is 12.8. The van der Waals surface area contributed by atoms with Crippen molar-refractivity contribution in [1.29, 1.82) is 0 Å². The van der Waals surface area contributed by atoms with Crippen LogP contribution in [0.25, 0.3) is 0 Å². The van der Waals surface area contributed by atoms with E-state index in [-0.39, 0.29) is 11.7 Å². The second-order valence-corrected chi connectivity index (χ2v) is 6.42. The molecule has 7 nitrogen and oxygen atoms in total. The Balaban J connectivity index is 2.40. The van der Waals surface area contributed by atoms with E-state index in [9.17, 15) is 9.00 Å². The molecule has 21 heavy (non-hydrogen) atoms. The van der Waals surface area contributed by atoms with Gasteiger partial charge < -0.3 is 14.6 Å². The zero-order valence-corrected chi connectivity index (χ0v) is 13.6. The quantitative estimate of drug-likeness (QED) is 0.642. The first-order valence-electron chi connectivity index (χ1n) is 7.03. The van der Waals surface area contributed by atoms with Gasteiger partial charge in [0.05, 0.1) is 5.75 Å². The first-order valence-corrected chi connectivity index (χ1v) is 8.42. The van der Waals surface area contributed by atoms with E-state index in [0.29, 0.717) is 31.3 Å². The number of carbonyl (C=O) groups is 1. The summed E-state index contributed by atoms with van der Waals surface area (Å²) in [5, 5.41) is 5.90. The van der Waals surface area contributed by atoms with Gasteiger partial charge in [0, 0.05) is 37.5 Å². The summed E-state index contributed by atoms with van der Waals surface area (Å²) < 4.78 is 22.0. The number of hydrogen-bond acceptors (Lipinski definition) is 6. The van der Waals surface area contributed by atoms with Crippen LogP contribution in [0.1, 0.15) is 38.4 Å². The molecule has 0 fully saturated rings. The molecule has 0 saturated heterocycles. The standard InChI is InChI=1S/C13H23N3O4S/c1-4-6-12-15-11(16-20-12)9-21(18)10(2)13(17)14-7-5-8-19-3/h10H,4-9H2,1-3H3,(H,14,17)/t10-,21+/m1/s1. The minimum Gasteiger partial charge on any atom is -0.385 e. The van der Waals surface area contributed by atoms with Crippen molar-refractivity contribution in [3.63, 3.8) is 0 Å². The van der Waals surface area contributed by atoms with Gasteiger partial charge in [-0.05, 0) is 19.8 Å². The van der Waals surface area contributed by atoms with Gasteiger partial charge >= 0.3 is 0 Å². The summed E-state index contributed by atoms with van der Waals surface area (Å²) in [5.41, 5.74) is 0. The van der Waals surface area contributed by atoms with E-state index in [0.717, 1.165) is 12.8 Å². The highest BCUT2D eigenvalue weighted by Crippen LogP contribution is 2.06. The van der Waals surface area contributed by atoms with Crippen molar-refractivity contribution in [3.8, 4) is 0 Å². The van der Waals surface area contributed by atoms with Gasteiger partial charge in [0.2, 0.25) is 11.8 Å². The van der Waals surface area contributed by atoms with Crippen LogP contribution in [-0.2, 0) is 32.5 Å². The number of carbonyl (C=O) groups excluding carboxylic acids is 1. The number of hydrogen-bond donors (Lipinski definition) is 1. The molecule has 8 heteroatoms. The Bertz CT molecular complexity index is 464. The maximum absolute atomic E-state index is 12.1. The van der Waals surface area contributed by atoms with E-state index >= 15 is 0 Å². The fourth-order valence-electron chi connectivity index (χ4n) is 1.61. The number of aryl methyl sites for hydroxylation is 1. The van der Waals surface area contributed by atoms with Gasteiger partial charge in [-0.15, -0.1) is 0 Å². The van der Waals surface area contributed by atoms with Gasteiger partial charge in [0.15, 0.2) is 5.82 Å². The molecule has 0 aromatic carbocycles. The van der Waals surface area contributed by atoms with Crippen LogP contribution in [0.5, 0.6) is 0 Å². The summed E-state index contributed by atoms with van der Waals surface area (Å²) in [7, 11) is 0.236. The molecule has 0 saturated carbocycles. The Labute approximate surface area is 127 Å². The molecule has 0 spiro atoms. The minimum absolute atomic E-state index is 0.125. The van der Waals surface area contributed by atoms with E-state index in [4.69, 9.17) is 9.26 Å². The van der Waals surface area contributed by atoms with Crippen LogP contribution in [0, 0.1) is 0 Å². The van der Waals surface area contributed by atoms with Crippen LogP contribution in [0.4, 0.5) is 0 Å². The number of amides is 1. The Hall–Kier alpha value is -1.28. The fraction of sp³-hybridized carbons (Fsp3) is 0.769. The summed E-state index contributed by atoms with van der Waals surface area (Å²) in [5.74, 6) is 0.818. The number of nitrogens with zero attached hydrogens (tertiary/aromatic N) is 2. The first kappa shape index (κ1) is 17.8. The van der Waals surface area contributed by atoms with Gasteiger partial charge in [-0.3, -0.25) is 9.00 Å². The average molecular weight is 317 g/mol. The third-order valence-electron chi connectivity index (χ3n) is 2.83. The van der Waals surface area contributed by atoms with Crippen molar-refractivity contribution in [2.24, 2.45) is 0 Å². The summed E-state index contributed by atoms with van der Waals surface area (Å²) >= 11 is 0. The van der Waals surface area contributed by atoms with Crippen molar-refractivity contribution in [2.75, 3.05) is 20.3 Å². The van der Waals surface area contributed by atoms with Crippen molar-refractivity contribution in [3.05, 3.63) is 11.7 Å². The third-order valence-corrected chi connectivity index (χ3v) is 4.38. The molecule has 1 rings (SSSR count). The Kier molecular flexibility index (Phi) is 8.14. The molecule has 0 aliphatic rings. The van der Waals surface area contributed by atoms with E-state index in [1.54, 1.807) is 14.0 Å². The lowest BCUT2D eigenvalue weighted by Gasteiger charge is -2.10. The molecule has 1 aromatic heterocycles. The number of nitrogens with one attached hydrogen (secondary N) is 1. The lowest BCUT2D eigenvalue weighted by molar-refractivity contribution is -0.120. The van der Waals surface area contributed by atoms with Gasteiger partial charge in [-0.2, -0.15) is 4.98 Å². The Morgan fingerprint density at radius 1 is 1.52 bits per heavy atom. The lowest BCUT2D eigenvalue weighted by atomic mass is 10.3. The van der Waals surface area contributed by atoms with Crippen molar-refractivity contribution >= 4 is 16.7 Å². The summed E-state index contributed by atoms with van der Waals surface area (Å²) in [6.07, 6.45) is 2.34. The molecular formula is C13H23N3O4S. The maximum Gasteiger partial charge on any atom is 0.235 e. The summed E-state index contributed by atoms with van der Waals surface area (Å²) in [6.45, 7) is 4.74. The highest BCUT2D eigenvalue weighted by atomic mass is 32.2. The normalized spacial score (nSPS) is 13.9. The van der Waals surface area contributed by atoms with E-state index in [1.807, 2.05) is 6.92 Å². The Morgan fingerprint density at radius 3 is 2.95 bits per heavy atom. The number of aromatic nitrogens is 2. The van der Waals surface area contributed by atoms with Crippen LogP contribution in [-0.4, -0.2) is 45.8 Å². The molecule has 0 aliphatic heterocycles. The molecule has 1 aromatic rings. The number of methoxy groups -OCH3 is 1. The highest BCUT2D eigenvalue weighted by molar-refractivity contribution is 7.85. The topological polar surface area (TPSA) is 94.3 Å². The number of ether oxygens (including phenoxy) is 1. The predicted molar refractivity (Wildman–Crippen MR) is 79.1 cm³/mol. The second-order valence-electron chi connectivity index (χ2n) is 4.66. The molecule has 1 N–H and O–H groups in total. The molecule has 1 heterocycles. The van der Waals surface area contributed by atoms with Gasteiger partial charge in [-0.25, -0.2) is 0 Å². The van der Waals surface area contributed by atoms with Crippen molar-refractivity contribution in [1.82, 2.24) is 15.5 Å². The molecule has 2 atom stereocenters. The van der Waals surface area contributed by atoms with Crippen LogP contribution in [0.3, 0.4) is 0 Å². The first-order chi connectivity index (χ1) is 10.1. The van der Waals surface area contributed by atoms with E-state index in [2.05, 4.69) is 15.5 Å². The maximum atomic E-state index is 12.1. The molecule has 0 aliphatic carbocycles. The highest BCUT2D eigenvalue weighted by Gasteiger charge is 2.21. The third kappa shape index (κ3) is 6.34. The van der Waals surface area contributed by atoms with Crippen molar-refractivity contribution < 1.29 is 18.3 Å². The van der Waals surface area contributed by atoms with Crippen LogP contribution < -0.4 is 5.32 Å². The fourth-order valence-corrected chi connectivity index (χ4v) is 2.55. The summed E-state index contributed by atoms with van der Waals surface area (Å²) in [4.78, 5) is 16.0. The van der Waals surface area contributed by atoms with Crippen LogP contribution in [0.15, 0.2) is 4.52 Å². The molecule has 0 bridgehead atoms. The smallest absolute Gasteiger partial charge is 0.235 e. The SMILES string of the molecule is CCCc1nc(C[S@](=O)[C@H](C)C(=O)NCCCOC)no1. The largest absolute Gasteiger partial charge is 0.385 e.